The first kappa shape index (κ1) is 10.5. The highest BCUT2D eigenvalue weighted by atomic mass is 14.5. The molecule has 0 fully saturated rings. The Balaban J connectivity index is 4.80. The van der Waals surface area contributed by atoms with Gasteiger partial charge in [-0.25, -0.2) is 0 Å². The van der Waals surface area contributed by atoms with Gasteiger partial charge in [0.25, 0.3) is 0 Å². The molecule has 0 aromatic heterocycles. The molecule has 64 valence electrons. The van der Waals surface area contributed by atoms with Crippen LogP contribution in [0.15, 0.2) is 0 Å². The maximum Gasteiger partial charge on any atom is 0.0695 e. The highest BCUT2D eigenvalue weighted by molar-refractivity contribution is 5.04. The van der Waals surface area contributed by atoms with Gasteiger partial charge in [0, 0.05) is 0 Å². The topological polar surface area (TPSA) is 23.8 Å². The third kappa shape index (κ3) is 1.74. The van der Waals surface area contributed by atoms with Crippen molar-refractivity contribution < 1.29 is 0 Å². The van der Waals surface area contributed by atoms with Crippen molar-refractivity contribution in [2.24, 2.45) is 16.7 Å². The number of hydrogen-bond donors (Lipinski definition) is 0. The fraction of sp³-hybridized carbons (Fsp3) is 0.900. The van der Waals surface area contributed by atoms with Crippen LogP contribution in [0, 0.1) is 28.1 Å². The molecule has 11 heavy (non-hydrogen) atoms. The van der Waals surface area contributed by atoms with E-state index in [0.717, 1.165) is 0 Å². The van der Waals surface area contributed by atoms with E-state index in [0.29, 0.717) is 5.92 Å². The van der Waals surface area contributed by atoms with Crippen molar-refractivity contribution in [1.82, 2.24) is 0 Å². The molecule has 1 atom stereocenters. The summed E-state index contributed by atoms with van der Waals surface area (Å²) in [4.78, 5) is 0. The molecule has 1 nitrogen and oxygen atoms in total. The Morgan fingerprint density at radius 3 is 1.45 bits per heavy atom. The number of rotatable bonds is 1. The monoisotopic (exact) mass is 153 g/mol. The second kappa shape index (κ2) is 2.85. The summed E-state index contributed by atoms with van der Waals surface area (Å²) in [5.74, 6) is 0.410. The Bertz CT molecular complexity index is 168. The average molecular weight is 153 g/mol. The van der Waals surface area contributed by atoms with Crippen LogP contribution in [0.3, 0.4) is 0 Å². The fourth-order valence-electron chi connectivity index (χ4n) is 1.16. The van der Waals surface area contributed by atoms with Crippen molar-refractivity contribution in [3.8, 4) is 6.07 Å². The molecule has 0 bridgehead atoms. The van der Waals surface area contributed by atoms with E-state index in [1.54, 1.807) is 0 Å². The highest BCUT2D eigenvalue weighted by Gasteiger charge is 2.40. The van der Waals surface area contributed by atoms with E-state index >= 15 is 0 Å². The van der Waals surface area contributed by atoms with Gasteiger partial charge in [-0.1, -0.05) is 34.6 Å². The molecule has 0 aromatic carbocycles. The lowest BCUT2D eigenvalue weighted by atomic mass is 9.63. The van der Waals surface area contributed by atoms with Crippen LogP contribution in [-0.4, -0.2) is 0 Å². The van der Waals surface area contributed by atoms with Crippen LogP contribution < -0.4 is 0 Å². The Morgan fingerprint density at radius 2 is 1.45 bits per heavy atom. The molecule has 0 aliphatic carbocycles. The third-order valence-electron chi connectivity index (χ3n) is 2.94. The molecular weight excluding hydrogens is 134 g/mol. The first-order chi connectivity index (χ1) is 4.75. The Morgan fingerprint density at radius 1 is 1.09 bits per heavy atom. The molecule has 0 heterocycles. The molecule has 0 spiro atoms. The normalized spacial score (nSPS) is 17.6. The maximum absolute atomic E-state index is 9.04. The number of nitrogens with zero attached hydrogens (tertiary/aromatic N) is 1. The highest BCUT2D eigenvalue weighted by Crippen LogP contribution is 2.43. The largest absolute Gasteiger partial charge is 0.198 e. The minimum Gasteiger partial charge on any atom is -0.198 e. The summed E-state index contributed by atoms with van der Waals surface area (Å²) in [6.07, 6.45) is 0. The zero-order valence-corrected chi connectivity index (χ0v) is 8.52. The number of hydrogen-bond acceptors (Lipinski definition) is 1. The van der Waals surface area contributed by atoms with E-state index in [2.05, 4.69) is 40.7 Å². The Kier molecular flexibility index (Phi) is 2.72. The van der Waals surface area contributed by atoms with Crippen molar-refractivity contribution >= 4 is 0 Å². The molecule has 1 heteroatoms. The van der Waals surface area contributed by atoms with E-state index in [1.807, 2.05) is 6.92 Å². The van der Waals surface area contributed by atoms with Crippen molar-refractivity contribution in [1.29, 1.82) is 5.26 Å². The first-order valence-electron chi connectivity index (χ1n) is 4.17. The van der Waals surface area contributed by atoms with Crippen LogP contribution in [0.1, 0.15) is 41.5 Å². The average Bonchev–Trinajstić information content (AvgIpc) is 1.83. The fourth-order valence-corrected chi connectivity index (χ4v) is 1.16. The molecule has 0 radical (unpaired) electrons. The Hall–Kier alpha value is -0.510. The van der Waals surface area contributed by atoms with Gasteiger partial charge in [-0.2, -0.15) is 5.26 Å². The van der Waals surface area contributed by atoms with Gasteiger partial charge in [-0.05, 0) is 18.3 Å². The van der Waals surface area contributed by atoms with Gasteiger partial charge in [-0.15, -0.1) is 0 Å². The lowest BCUT2D eigenvalue weighted by Gasteiger charge is -2.39. The quantitative estimate of drug-likeness (QED) is 0.567. The second-order valence-electron chi connectivity index (χ2n) is 4.72. The van der Waals surface area contributed by atoms with E-state index in [9.17, 15) is 0 Å². The van der Waals surface area contributed by atoms with Gasteiger partial charge in [0.05, 0.1) is 11.5 Å². The molecule has 0 amide bonds. The van der Waals surface area contributed by atoms with E-state index in [-0.39, 0.29) is 10.8 Å². The van der Waals surface area contributed by atoms with Gasteiger partial charge < -0.3 is 0 Å². The van der Waals surface area contributed by atoms with Crippen LogP contribution >= 0.6 is 0 Å². The summed E-state index contributed by atoms with van der Waals surface area (Å²) in [5, 5.41) is 9.04. The van der Waals surface area contributed by atoms with Crippen molar-refractivity contribution in [2.75, 3.05) is 0 Å². The van der Waals surface area contributed by atoms with Crippen molar-refractivity contribution in [3.63, 3.8) is 0 Å². The van der Waals surface area contributed by atoms with E-state index < -0.39 is 0 Å². The van der Waals surface area contributed by atoms with Gasteiger partial charge in [0.2, 0.25) is 0 Å². The summed E-state index contributed by atoms with van der Waals surface area (Å²) < 4.78 is 0. The molecular formula is C10H19N. The smallest absolute Gasteiger partial charge is 0.0695 e. The van der Waals surface area contributed by atoms with Crippen LogP contribution in [-0.2, 0) is 0 Å². The molecule has 0 rings (SSSR count). The number of nitriles is 1. The van der Waals surface area contributed by atoms with Crippen LogP contribution in [0.5, 0.6) is 0 Å². The van der Waals surface area contributed by atoms with Gasteiger partial charge in [0.1, 0.15) is 0 Å². The zero-order chi connectivity index (χ0) is 9.28. The summed E-state index contributed by atoms with van der Waals surface area (Å²) in [7, 11) is 0. The Labute approximate surface area is 70.4 Å². The minimum absolute atomic E-state index is 0.0654. The van der Waals surface area contributed by atoms with Crippen molar-refractivity contribution in [2.45, 2.75) is 41.5 Å². The predicted molar refractivity (Wildman–Crippen MR) is 48.0 cm³/mol. The molecule has 0 aliphatic heterocycles. The summed E-state index contributed by atoms with van der Waals surface area (Å²) in [5.41, 5.74) is -0.150. The van der Waals surface area contributed by atoms with Gasteiger partial charge in [0.15, 0.2) is 0 Å². The minimum atomic E-state index is -0.215. The van der Waals surface area contributed by atoms with Gasteiger partial charge >= 0.3 is 0 Å². The lowest BCUT2D eigenvalue weighted by molar-refractivity contribution is 0.117. The molecule has 0 aliphatic rings. The van der Waals surface area contributed by atoms with Crippen molar-refractivity contribution in [3.05, 3.63) is 0 Å². The van der Waals surface area contributed by atoms with Crippen LogP contribution in [0.2, 0.25) is 0 Å². The molecule has 1 unspecified atom stereocenters. The summed E-state index contributed by atoms with van der Waals surface area (Å²) in [6, 6.07) is 2.42. The van der Waals surface area contributed by atoms with E-state index in [1.165, 1.54) is 0 Å². The zero-order valence-electron chi connectivity index (χ0n) is 8.52. The van der Waals surface area contributed by atoms with E-state index in [4.69, 9.17) is 5.26 Å². The maximum atomic E-state index is 9.04. The van der Waals surface area contributed by atoms with Crippen LogP contribution in [0.4, 0.5) is 0 Å². The lowest BCUT2D eigenvalue weighted by Crippen LogP contribution is -2.36. The van der Waals surface area contributed by atoms with Gasteiger partial charge in [-0.3, -0.25) is 0 Å². The predicted octanol–water partition coefficient (Wildman–Crippen LogP) is 3.22. The van der Waals surface area contributed by atoms with Crippen LogP contribution in [0.25, 0.3) is 0 Å². The third-order valence-corrected chi connectivity index (χ3v) is 2.94. The molecule has 0 saturated carbocycles. The summed E-state index contributed by atoms with van der Waals surface area (Å²) >= 11 is 0. The second-order valence-corrected chi connectivity index (χ2v) is 4.72. The SMILES string of the molecule is CC(C)C(C)(C#N)C(C)(C)C. The first-order valence-corrected chi connectivity index (χ1v) is 4.17. The standard InChI is InChI=1S/C10H19N/c1-8(2)10(6,7-11)9(3,4)5/h8H,1-6H3. The molecule has 0 aromatic rings. The summed E-state index contributed by atoms with van der Waals surface area (Å²) in [6.45, 7) is 12.6. The molecule has 0 saturated heterocycles. The molecule has 0 N–H and O–H groups in total.